The fourth-order valence-electron chi connectivity index (χ4n) is 7.96. The van der Waals surface area contributed by atoms with Crippen LogP contribution < -0.4 is 4.74 Å². The van der Waals surface area contributed by atoms with Crippen LogP contribution in [0.1, 0.15) is 41.7 Å². The number of hydrogen-bond acceptors (Lipinski definition) is 2. The van der Waals surface area contributed by atoms with Crippen LogP contribution >= 0.6 is 0 Å². The third-order valence-corrected chi connectivity index (χ3v) is 10.3. The first-order valence-electron chi connectivity index (χ1n) is 16.3. The predicted octanol–water partition coefficient (Wildman–Crippen LogP) is 11.1. The Kier molecular flexibility index (Phi) is 5.86. The molecular weight excluding hydrogens is 574 g/mol. The molecule has 0 unspecified atom stereocenters. The molecule has 0 spiro atoms. The van der Waals surface area contributed by atoms with Gasteiger partial charge in [-0.3, -0.25) is 8.97 Å². The van der Waals surface area contributed by atoms with Crippen molar-refractivity contribution in [3.8, 4) is 39.4 Å². The van der Waals surface area contributed by atoms with E-state index in [1.165, 1.54) is 44.5 Å². The van der Waals surface area contributed by atoms with E-state index in [4.69, 9.17) is 9.72 Å². The maximum absolute atomic E-state index is 6.74. The Morgan fingerprint density at radius 1 is 0.574 bits per heavy atom. The van der Waals surface area contributed by atoms with Gasteiger partial charge in [0.05, 0.1) is 27.8 Å². The van der Waals surface area contributed by atoms with Crippen molar-refractivity contribution in [2.75, 3.05) is 0 Å². The zero-order valence-electron chi connectivity index (χ0n) is 27.3. The average molecular weight is 610 g/mol. The van der Waals surface area contributed by atoms with Crippen molar-refractivity contribution in [2.24, 2.45) is 0 Å². The minimum Gasteiger partial charge on any atom is -0.456 e. The van der Waals surface area contributed by atoms with Gasteiger partial charge in [0, 0.05) is 22.1 Å². The van der Waals surface area contributed by atoms with Gasteiger partial charge in [0.1, 0.15) is 11.5 Å². The van der Waals surface area contributed by atoms with Gasteiger partial charge in [-0.25, -0.2) is 4.98 Å². The molecule has 0 radical (unpaired) electrons. The van der Waals surface area contributed by atoms with Crippen LogP contribution in [0.5, 0.6) is 11.5 Å². The number of aromatic nitrogens is 3. The summed E-state index contributed by atoms with van der Waals surface area (Å²) in [6.45, 7) is 11.3. The maximum Gasteiger partial charge on any atom is 0.220 e. The van der Waals surface area contributed by atoms with Gasteiger partial charge < -0.3 is 4.74 Å². The van der Waals surface area contributed by atoms with Crippen LogP contribution in [0.15, 0.2) is 121 Å². The molecule has 228 valence electrons. The standard InChI is InChI=1S/C43H35N3O/c1-26-24-25-30(28(3)40(26)31-15-12-17-33-41(31)47-39-23-11-6-16-32(39)43(33,4)5)29-14-13-22-35(27(29)2)45-37-20-9-10-21-38(37)46-36-19-8-7-18-34(36)44-42(45)46/h6-25H,1-5H3. The zero-order valence-corrected chi connectivity index (χ0v) is 27.3. The first-order valence-corrected chi connectivity index (χ1v) is 16.3. The van der Waals surface area contributed by atoms with Crippen LogP contribution in [0, 0.1) is 20.8 Å². The van der Waals surface area contributed by atoms with Gasteiger partial charge in [-0.2, -0.15) is 0 Å². The Balaban J connectivity index is 1.25. The number of imidazole rings is 2. The number of fused-ring (bicyclic) bond motifs is 7. The largest absolute Gasteiger partial charge is 0.456 e. The number of para-hydroxylation sites is 6. The van der Waals surface area contributed by atoms with Gasteiger partial charge in [-0.05, 0) is 90.6 Å². The van der Waals surface area contributed by atoms with Crippen LogP contribution in [0.2, 0.25) is 0 Å². The number of rotatable bonds is 3. The van der Waals surface area contributed by atoms with Gasteiger partial charge in [0.25, 0.3) is 0 Å². The number of aryl methyl sites for hydroxylation is 1. The summed E-state index contributed by atoms with van der Waals surface area (Å²) >= 11 is 0. The lowest BCUT2D eigenvalue weighted by Crippen LogP contribution is -2.24. The van der Waals surface area contributed by atoms with E-state index in [9.17, 15) is 0 Å². The summed E-state index contributed by atoms with van der Waals surface area (Å²) in [6.07, 6.45) is 0. The second-order valence-corrected chi connectivity index (χ2v) is 13.3. The van der Waals surface area contributed by atoms with E-state index in [-0.39, 0.29) is 5.41 Å². The molecule has 1 aliphatic rings. The number of hydrogen-bond donors (Lipinski definition) is 0. The minimum atomic E-state index is -0.174. The lowest BCUT2D eigenvalue weighted by molar-refractivity contribution is 0.419. The van der Waals surface area contributed by atoms with Crippen LogP contribution in [0.25, 0.3) is 55.8 Å². The zero-order chi connectivity index (χ0) is 32.0. The van der Waals surface area contributed by atoms with Gasteiger partial charge in [0.2, 0.25) is 5.78 Å². The fraction of sp³-hybridized carbons (Fsp3) is 0.140. The molecule has 0 saturated carbocycles. The van der Waals surface area contributed by atoms with E-state index in [2.05, 4.69) is 165 Å². The summed E-state index contributed by atoms with van der Waals surface area (Å²) in [5, 5.41) is 0. The molecule has 0 fully saturated rings. The van der Waals surface area contributed by atoms with Crippen molar-refractivity contribution in [3.63, 3.8) is 0 Å². The first-order chi connectivity index (χ1) is 22.8. The highest BCUT2D eigenvalue weighted by atomic mass is 16.5. The van der Waals surface area contributed by atoms with Crippen molar-refractivity contribution >= 4 is 27.8 Å². The molecule has 0 N–H and O–H groups in total. The summed E-state index contributed by atoms with van der Waals surface area (Å²) < 4.78 is 11.3. The molecule has 2 aromatic heterocycles. The van der Waals surface area contributed by atoms with Crippen molar-refractivity contribution < 1.29 is 4.74 Å². The van der Waals surface area contributed by atoms with Gasteiger partial charge >= 0.3 is 0 Å². The van der Waals surface area contributed by atoms with E-state index >= 15 is 0 Å². The molecule has 4 heteroatoms. The molecule has 8 aromatic rings. The van der Waals surface area contributed by atoms with E-state index in [0.29, 0.717) is 0 Å². The van der Waals surface area contributed by atoms with E-state index in [1.54, 1.807) is 0 Å². The summed E-state index contributed by atoms with van der Waals surface area (Å²) in [7, 11) is 0. The van der Waals surface area contributed by atoms with E-state index in [1.807, 2.05) is 0 Å². The number of benzene rings is 6. The van der Waals surface area contributed by atoms with Crippen molar-refractivity contribution in [1.82, 2.24) is 14.0 Å². The van der Waals surface area contributed by atoms with Crippen LogP contribution in [-0.2, 0) is 5.41 Å². The van der Waals surface area contributed by atoms with E-state index in [0.717, 1.165) is 50.6 Å². The summed E-state index contributed by atoms with van der Waals surface area (Å²) in [4.78, 5) is 5.14. The van der Waals surface area contributed by atoms with Crippen LogP contribution in [-0.4, -0.2) is 14.0 Å². The molecule has 6 aromatic carbocycles. The van der Waals surface area contributed by atoms with E-state index < -0.39 is 0 Å². The second-order valence-electron chi connectivity index (χ2n) is 13.3. The highest BCUT2D eigenvalue weighted by Crippen LogP contribution is 2.52. The lowest BCUT2D eigenvalue weighted by Gasteiger charge is -2.35. The quantitative estimate of drug-likeness (QED) is 0.200. The van der Waals surface area contributed by atoms with Crippen molar-refractivity contribution in [3.05, 3.63) is 149 Å². The summed E-state index contributed by atoms with van der Waals surface area (Å²) in [5.41, 5.74) is 16.3. The molecule has 0 aliphatic carbocycles. The predicted molar refractivity (Wildman–Crippen MR) is 193 cm³/mol. The molecule has 0 amide bonds. The minimum absolute atomic E-state index is 0.174. The normalized spacial score (nSPS) is 13.6. The second kappa shape index (κ2) is 9.94. The molecule has 0 bridgehead atoms. The number of nitrogens with zero attached hydrogens (tertiary/aromatic N) is 3. The van der Waals surface area contributed by atoms with Crippen molar-refractivity contribution in [2.45, 2.75) is 40.0 Å². The summed E-state index contributed by atoms with van der Waals surface area (Å²) in [6, 6.07) is 43.2. The number of ether oxygens (including phenoxy) is 1. The Morgan fingerprint density at radius 3 is 2.09 bits per heavy atom. The Hall–Kier alpha value is -5.61. The molecule has 4 nitrogen and oxygen atoms in total. The summed E-state index contributed by atoms with van der Waals surface area (Å²) in [5.74, 6) is 2.81. The van der Waals surface area contributed by atoms with Gasteiger partial charge in [-0.1, -0.05) is 98.8 Å². The first kappa shape index (κ1) is 27.7. The molecule has 3 heterocycles. The highest BCUT2D eigenvalue weighted by Gasteiger charge is 2.35. The smallest absolute Gasteiger partial charge is 0.220 e. The maximum atomic E-state index is 6.74. The third-order valence-electron chi connectivity index (χ3n) is 10.3. The molecule has 9 rings (SSSR count). The highest BCUT2D eigenvalue weighted by molar-refractivity contribution is 5.93. The molecule has 0 atom stereocenters. The Morgan fingerprint density at radius 2 is 1.23 bits per heavy atom. The molecule has 1 aliphatic heterocycles. The average Bonchev–Trinajstić information content (AvgIpc) is 3.60. The van der Waals surface area contributed by atoms with Gasteiger partial charge in [-0.15, -0.1) is 0 Å². The molecule has 0 saturated heterocycles. The third kappa shape index (κ3) is 3.85. The Bertz CT molecular complexity index is 2560. The SMILES string of the molecule is Cc1ccc(-c2cccc(-n3c4ccccc4n4c5ccccc5nc34)c2C)c(C)c1-c1cccc2c1Oc1ccccc1C2(C)C. The van der Waals surface area contributed by atoms with Crippen LogP contribution in [0.4, 0.5) is 0 Å². The van der Waals surface area contributed by atoms with Crippen LogP contribution in [0.3, 0.4) is 0 Å². The molecular formula is C43H35N3O. The van der Waals surface area contributed by atoms with Crippen molar-refractivity contribution in [1.29, 1.82) is 0 Å². The van der Waals surface area contributed by atoms with Gasteiger partial charge in [0.15, 0.2) is 0 Å². The Labute approximate surface area is 274 Å². The fourth-order valence-corrected chi connectivity index (χ4v) is 7.96. The molecule has 47 heavy (non-hydrogen) atoms. The lowest BCUT2D eigenvalue weighted by atomic mass is 9.74. The monoisotopic (exact) mass is 609 g/mol. The topological polar surface area (TPSA) is 31.5 Å².